The smallest absolute Gasteiger partial charge is 0.128 e. The van der Waals surface area contributed by atoms with Gasteiger partial charge in [0.2, 0.25) is 0 Å². The van der Waals surface area contributed by atoms with Crippen LogP contribution in [0.5, 0.6) is 0 Å². The molecule has 1 N–H and O–H groups in total. The van der Waals surface area contributed by atoms with E-state index in [-0.39, 0.29) is 0 Å². The fourth-order valence-electron chi connectivity index (χ4n) is 2.10. The lowest BCUT2D eigenvalue weighted by molar-refractivity contribution is 0.0232. The average Bonchev–Trinajstić information content (AvgIpc) is 2.29. The Bertz CT molecular complexity index is 350. The monoisotopic (exact) mass is 235 g/mol. The minimum Gasteiger partial charge on any atom is -0.381 e. The van der Waals surface area contributed by atoms with Gasteiger partial charge in [0, 0.05) is 26.7 Å². The summed E-state index contributed by atoms with van der Waals surface area (Å²) in [6.45, 7) is 2.98. The van der Waals surface area contributed by atoms with Crippen LogP contribution in [0, 0.1) is 0 Å². The third kappa shape index (κ3) is 3.33. The van der Waals surface area contributed by atoms with Crippen molar-refractivity contribution >= 4 is 11.5 Å². The van der Waals surface area contributed by atoms with Crippen molar-refractivity contribution in [1.29, 1.82) is 0 Å². The third-order valence-corrected chi connectivity index (χ3v) is 3.06. The lowest BCUT2D eigenvalue weighted by Gasteiger charge is -2.28. The summed E-state index contributed by atoms with van der Waals surface area (Å²) in [5.74, 6) is 0.982. The highest BCUT2D eigenvalue weighted by Gasteiger charge is 2.18. The second-order valence-electron chi connectivity index (χ2n) is 4.85. The number of hydrogen-bond acceptors (Lipinski definition) is 4. The van der Waals surface area contributed by atoms with Crippen LogP contribution in [0.3, 0.4) is 0 Å². The van der Waals surface area contributed by atoms with Crippen molar-refractivity contribution in [2.24, 2.45) is 0 Å². The van der Waals surface area contributed by atoms with Crippen molar-refractivity contribution < 1.29 is 4.74 Å². The van der Waals surface area contributed by atoms with Gasteiger partial charge in [-0.2, -0.15) is 0 Å². The van der Waals surface area contributed by atoms with Crippen molar-refractivity contribution in [2.75, 3.05) is 30.9 Å². The summed E-state index contributed by atoms with van der Waals surface area (Å²) < 4.78 is 5.53. The predicted octanol–water partition coefficient (Wildman–Crippen LogP) is 2.13. The highest BCUT2D eigenvalue weighted by atomic mass is 16.5. The molecule has 2 heterocycles. The number of pyridine rings is 1. The first-order valence-corrected chi connectivity index (χ1v) is 6.16. The Kier molecular flexibility index (Phi) is 3.84. The molecule has 2 rings (SSSR count). The molecule has 4 heteroatoms. The Morgan fingerprint density at radius 2 is 2.24 bits per heavy atom. The van der Waals surface area contributed by atoms with E-state index in [9.17, 15) is 0 Å². The number of aromatic nitrogens is 1. The van der Waals surface area contributed by atoms with Crippen LogP contribution in [0.2, 0.25) is 0 Å². The van der Waals surface area contributed by atoms with Crippen LogP contribution >= 0.6 is 0 Å². The maximum Gasteiger partial charge on any atom is 0.128 e. The zero-order chi connectivity index (χ0) is 12.3. The molecule has 1 aliphatic heterocycles. The summed E-state index contributed by atoms with van der Waals surface area (Å²) in [4.78, 5) is 6.40. The lowest BCUT2D eigenvalue weighted by atomic mass is 10.0. The molecule has 1 saturated heterocycles. The highest BCUT2D eigenvalue weighted by molar-refractivity contribution is 5.48. The molecule has 0 aromatic carbocycles. The van der Waals surface area contributed by atoms with Gasteiger partial charge >= 0.3 is 0 Å². The fourth-order valence-corrected chi connectivity index (χ4v) is 2.10. The van der Waals surface area contributed by atoms with E-state index in [4.69, 9.17) is 4.74 Å². The Morgan fingerprint density at radius 3 is 2.82 bits per heavy atom. The quantitative estimate of drug-likeness (QED) is 0.871. The summed E-state index contributed by atoms with van der Waals surface area (Å²) in [6.07, 6.45) is 4.39. The molecule has 94 valence electrons. The molecule has 1 aromatic heterocycles. The van der Waals surface area contributed by atoms with Gasteiger partial charge in [0.15, 0.2) is 0 Å². The van der Waals surface area contributed by atoms with Crippen LogP contribution in [0.25, 0.3) is 0 Å². The van der Waals surface area contributed by atoms with Crippen LogP contribution in [-0.4, -0.2) is 37.8 Å². The molecule has 0 aliphatic carbocycles. The number of anilines is 2. The van der Waals surface area contributed by atoms with E-state index in [0.717, 1.165) is 31.0 Å². The Morgan fingerprint density at radius 1 is 1.41 bits per heavy atom. The molecular formula is C13H21N3O. The van der Waals surface area contributed by atoms with E-state index in [1.165, 1.54) is 0 Å². The van der Waals surface area contributed by atoms with E-state index in [1.807, 2.05) is 31.3 Å². The number of nitrogens with zero attached hydrogens (tertiary/aromatic N) is 2. The molecule has 0 amide bonds. The van der Waals surface area contributed by atoms with Crippen molar-refractivity contribution in [3.63, 3.8) is 0 Å². The maximum atomic E-state index is 5.53. The van der Waals surface area contributed by atoms with Crippen molar-refractivity contribution in [2.45, 2.75) is 31.9 Å². The highest BCUT2D eigenvalue weighted by Crippen LogP contribution is 2.19. The summed E-state index contributed by atoms with van der Waals surface area (Å²) in [5.41, 5.74) is 1.09. The van der Waals surface area contributed by atoms with Crippen molar-refractivity contribution in [3.8, 4) is 0 Å². The second-order valence-corrected chi connectivity index (χ2v) is 4.85. The standard InChI is InChI=1S/C13H21N3O/c1-10-8-11(6-7-17-10)15-12-4-5-13(14-9-12)16(2)3/h4-5,9-11,15H,6-8H2,1-3H3. The van der Waals surface area contributed by atoms with Gasteiger partial charge in [-0.1, -0.05) is 0 Å². The van der Waals surface area contributed by atoms with E-state index >= 15 is 0 Å². The topological polar surface area (TPSA) is 37.4 Å². The number of nitrogens with one attached hydrogen (secondary N) is 1. The predicted molar refractivity (Wildman–Crippen MR) is 70.6 cm³/mol. The average molecular weight is 235 g/mol. The van der Waals surface area contributed by atoms with Gasteiger partial charge in [0.1, 0.15) is 5.82 Å². The lowest BCUT2D eigenvalue weighted by Crippen LogP contribution is -2.32. The molecule has 17 heavy (non-hydrogen) atoms. The molecule has 1 fully saturated rings. The summed E-state index contributed by atoms with van der Waals surface area (Å²) in [5, 5.41) is 3.52. The summed E-state index contributed by atoms with van der Waals surface area (Å²) >= 11 is 0. The van der Waals surface area contributed by atoms with Crippen LogP contribution in [0.1, 0.15) is 19.8 Å². The minimum absolute atomic E-state index is 0.357. The van der Waals surface area contributed by atoms with E-state index in [1.54, 1.807) is 0 Å². The van der Waals surface area contributed by atoms with Crippen LogP contribution in [-0.2, 0) is 4.74 Å². The van der Waals surface area contributed by atoms with Crippen LogP contribution in [0.15, 0.2) is 18.3 Å². The number of rotatable bonds is 3. The first kappa shape index (κ1) is 12.2. The Balaban J connectivity index is 1.94. The van der Waals surface area contributed by atoms with Gasteiger partial charge in [-0.25, -0.2) is 4.98 Å². The van der Waals surface area contributed by atoms with Gasteiger partial charge in [-0.05, 0) is 31.9 Å². The molecule has 4 nitrogen and oxygen atoms in total. The summed E-state index contributed by atoms with van der Waals surface area (Å²) in [6, 6.07) is 4.62. The third-order valence-electron chi connectivity index (χ3n) is 3.06. The molecule has 1 aliphatic rings. The molecule has 2 atom stereocenters. The van der Waals surface area contributed by atoms with E-state index in [2.05, 4.69) is 23.3 Å². The van der Waals surface area contributed by atoms with E-state index < -0.39 is 0 Å². The molecule has 0 bridgehead atoms. The first-order valence-electron chi connectivity index (χ1n) is 6.16. The SMILES string of the molecule is CC1CC(Nc2ccc(N(C)C)nc2)CCO1. The van der Waals surface area contributed by atoms with Crippen molar-refractivity contribution in [1.82, 2.24) is 4.98 Å². The van der Waals surface area contributed by atoms with Crippen LogP contribution in [0.4, 0.5) is 11.5 Å². The number of hydrogen-bond donors (Lipinski definition) is 1. The van der Waals surface area contributed by atoms with Gasteiger partial charge < -0.3 is 15.0 Å². The zero-order valence-electron chi connectivity index (χ0n) is 10.8. The van der Waals surface area contributed by atoms with Gasteiger partial charge in [0.05, 0.1) is 18.0 Å². The second kappa shape index (κ2) is 5.36. The van der Waals surface area contributed by atoms with Gasteiger partial charge in [0.25, 0.3) is 0 Å². The molecule has 0 radical (unpaired) electrons. The Hall–Kier alpha value is -1.29. The molecule has 0 saturated carbocycles. The minimum atomic E-state index is 0.357. The maximum absolute atomic E-state index is 5.53. The Labute approximate surface area is 103 Å². The van der Waals surface area contributed by atoms with E-state index in [0.29, 0.717) is 12.1 Å². The first-order chi connectivity index (χ1) is 8.15. The van der Waals surface area contributed by atoms with Crippen molar-refractivity contribution in [3.05, 3.63) is 18.3 Å². The molecule has 2 unspecified atom stereocenters. The summed E-state index contributed by atoms with van der Waals surface area (Å²) in [7, 11) is 3.99. The normalized spacial score (nSPS) is 24.4. The fraction of sp³-hybridized carbons (Fsp3) is 0.615. The largest absolute Gasteiger partial charge is 0.381 e. The van der Waals surface area contributed by atoms with Crippen LogP contribution < -0.4 is 10.2 Å². The van der Waals surface area contributed by atoms with Gasteiger partial charge in [-0.3, -0.25) is 0 Å². The molecule has 1 aromatic rings. The number of ether oxygens (including phenoxy) is 1. The zero-order valence-corrected chi connectivity index (χ0v) is 10.8. The molecular weight excluding hydrogens is 214 g/mol. The molecule has 0 spiro atoms. The van der Waals surface area contributed by atoms with Gasteiger partial charge in [-0.15, -0.1) is 0 Å².